The summed E-state index contributed by atoms with van der Waals surface area (Å²) in [4.78, 5) is 12.5. The Balaban J connectivity index is 2.04. The number of aliphatic hydroxyl groups excluding tert-OH is 1. The molecule has 0 amide bonds. The van der Waals surface area contributed by atoms with Crippen LogP contribution in [0.25, 0.3) is 0 Å². The van der Waals surface area contributed by atoms with Crippen LogP contribution in [0.5, 0.6) is 0 Å². The van der Waals surface area contributed by atoms with Crippen molar-refractivity contribution >= 4 is 5.97 Å². The van der Waals surface area contributed by atoms with E-state index in [9.17, 15) is 15.0 Å². The molecule has 0 unspecified atom stereocenters. The number of hydrogen-bond donors (Lipinski definition) is 2. The van der Waals surface area contributed by atoms with Gasteiger partial charge in [-0.1, -0.05) is 13.8 Å². The molecule has 23 heavy (non-hydrogen) atoms. The third-order valence-electron chi connectivity index (χ3n) is 5.67. The van der Waals surface area contributed by atoms with E-state index in [1.807, 2.05) is 0 Å². The van der Waals surface area contributed by atoms with Gasteiger partial charge in [0.05, 0.1) is 26.2 Å². The van der Waals surface area contributed by atoms with Crippen LogP contribution in [0.15, 0.2) is 11.6 Å². The molecule has 2 aliphatic heterocycles. The molecule has 1 saturated heterocycles. The zero-order valence-electron chi connectivity index (χ0n) is 14.8. The first kappa shape index (κ1) is 18.4. The SMILES string of the molecule is CO[C@H](C)[C@](O)(C(=O)OCC1=CC[N@+]2(C)CC[C@H](O)[C@@H]12)C(C)C. The summed E-state index contributed by atoms with van der Waals surface area (Å²) in [5, 5.41) is 20.9. The van der Waals surface area contributed by atoms with E-state index in [1.54, 1.807) is 20.8 Å². The highest BCUT2D eigenvalue weighted by Crippen LogP contribution is 2.35. The molecule has 2 rings (SSSR count). The second-order valence-electron chi connectivity index (χ2n) is 7.40. The quantitative estimate of drug-likeness (QED) is 0.421. The molecule has 0 aliphatic carbocycles. The predicted molar refractivity (Wildman–Crippen MR) is 85.6 cm³/mol. The predicted octanol–water partition coefficient (Wildman–Crippen LogP) is 0.471. The zero-order valence-corrected chi connectivity index (χ0v) is 14.8. The lowest BCUT2D eigenvalue weighted by Gasteiger charge is -2.35. The van der Waals surface area contributed by atoms with E-state index < -0.39 is 23.8 Å². The van der Waals surface area contributed by atoms with Crippen molar-refractivity contribution in [2.24, 2.45) is 5.92 Å². The molecular formula is C17H30NO5+. The van der Waals surface area contributed by atoms with E-state index >= 15 is 0 Å². The van der Waals surface area contributed by atoms with Crippen LogP contribution in [0.4, 0.5) is 0 Å². The van der Waals surface area contributed by atoms with Crippen LogP contribution in [-0.2, 0) is 14.3 Å². The minimum Gasteiger partial charge on any atom is -0.459 e. The van der Waals surface area contributed by atoms with Gasteiger partial charge >= 0.3 is 5.97 Å². The number of nitrogens with zero attached hydrogens (tertiary/aromatic N) is 1. The van der Waals surface area contributed by atoms with Gasteiger partial charge in [0.1, 0.15) is 18.8 Å². The molecule has 6 nitrogen and oxygen atoms in total. The first-order valence-electron chi connectivity index (χ1n) is 8.30. The van der Waals surface area contributed by atoms with Gasteiger partial charge in [-0.3, -0.25) is 0 Å². The minimum atomic E-state index is -1.68. The first-order valence-corrected chi connectivity index (χ1v) is 8.30. The molecular weight excluding hydrogens is 298 g/mol. The lowest BCUT2D eigenvalue weighted by Crippen LogP contribution is -2.54. The monoisotopic (exact) mass is 328 g/mol. The van der Waals surface area contributed by atoms with Crippen molar-refractivity contribution in [3.05, 3.63) is 11.6 Å². The average molecular weight is 328 g/mol. The molecule has 2 heterocycles. The highest BCUT2D eigenvalue weighted by Gasteiger charge is 2.51. The van der Waals surface area contributed by atoms with Crippen molar-refractivity contribution in [3.8, 4) is 0 Å². The summed E-state index contributed by atoms with van der Waals surface area (Å²) in [5.41, 5.74) is -0.734. The number of likely N-dealkylation sites (N-methyl/N-ethyl adjacent to an activating group) is 1. The molecule has 2 N–H and O–H groups in total. The smallest absolute Gasteiger partial charge is 0.341 e. The van der Waals surface area contributed by atoms with Crippen LogP contribution in [0, 0.1) is 5.92 Å². The van der Waals surface area contributed by atoms with Crippen molar-refractivity contribution in [2.75, 3.05) is 33.9 Å². The van der Waals surface area contributed by atoms with Crippen molar-refractivity contribution in [1.29, 1.82) is 0 Å². The maximum absolute atomic E-state index is 12.5. The maximum atomic E-state index is 12.5. The number of hydrogen-bond acceptors (Lipinski definition) is 5. The summed E-state index contributed by atoms with van der Waals surface area (Å²) in [6.45, 7) is 7.07. The number of methoxy groups -OCH3 is 1. The third kappa shape index (κ3) is 3.05. The summed E-state index contributed by atoms with van der Waals surface area (Å²) in [5.74, 6) is -1.00. The van der Waals surface area contributed by atoms with Gasteiger partial charge in [-0.2, -0.15) is 0 Å². The molecule has 0 aromatic heterocycles. The molecule has 0 aromatic rings. The number of aliphatic hydroxyl groups is 2. The fourth-order valence-corrected chi connectivity index (χ4v) is 3.90. The van der Waals surface area contributed by atoms with Gasteiger partial charge in [0.2, 0.25) is 0 Å². The van der Waals surface area contributed by atoms with E-state index in [2.05, 4.69) is 13.1 Å². The molecule has 1 fully saturated rings. The van der Waals surface area contributed by atoms with Gasteiger partial charge in [-0.15, -0.1) is 0 Å². The van der Waals surface area contributed by atoms with Gasteiger partial charge in [0, 0.05) is 19.1 Å². The molecule has 0 radical (unpaired) electrons. The van der Waals surface area contributed by atoms with Gasteiger partial charge in [0.15, 0.2) is 5.60 Å². The third-order valence-corrected chi connectivity index (χ3v) is 5.67. The van der Waals surface area contributed by atoms with Crippen molar-refractivity contribution in [3.63, 3.8) is 0 Å². The second-order valence-corrected chi connectivity index (χ2v) is 7.40. The van der Waals surface area contributed by atoms with Crippen LogP contribution in [0.3, 0.4) is 0 Å². The van der Waals surface area contributed by atoms with E-state index in [1.165, 1.54) is 7.11 Å². The number of rotatable bonds is 6. The number of fused-ring (bicyclic) bond motifs is 1. The Kier molecular flexibility index (Phi) is 5.21. The van der Waals surface area contributed by atoms with Gasteiger partial charge < -0.3 is 24.2 Å². The Morgan fingerprint density at radius 2 is 2.13 bits per heavy atom. The summed E-state index contributed by atoms with van der Waals surface area (Å²) in [7, 11) is 3.58. The number of ether oxygens (including phenoxy) is 2. The first-order chi connectivity index (χ1) is 10.7. The topological polar surface area (TPSA) is 76.0 Å². The fraction of sp³-hybridized carbons (Fsp3) is 0.824. The van der Waals surface area contributed by atoms with E-state index in [0.29, 0.717) is 0 Å². The summed E-state index contributed by atoms with van der Waals surface area (Å²) >= 11 is 0. The number of carbonyl (C=O) groups is 1. The summed E-state index contributed by atoms with van der Waals surface area (Å²) in [6.07, 6.45) is 1.76. The average Bonchev–Trinajstić information content (AvgIpc) is 2.99. The van der Waals surface area contributed by atoms with Gasteiger partial charge in [-0.25, -0.2) is 4.79 Å². The van der Waals surface area contributed by atoms with Crippen LogP contribution in [-0.4, -0.2) is 78.4 Å². The molecule has 0 aromatic carbocycles. The lowest BCUT2D eigenvalue weighted by molar-refractivity contribution is -0.906. The highest BCUT2D eigenvalue weighted by molar-refractivity contribution is 5.80. The Hall–Kier alpha value is -0.950. The maximum Gasteiger partial charge on any atom is 0.341 e. The van der Waals surface area contributed by atoms with Crippen LogP contribution >= 0.6 is 0 Å². The van der Waals surface area contributed by atoms with Crippen molar-refractivity contribution < 1.29 is 29.0 Å². The van der Waals surface area contributed by atoms with Crippen molar-refractivity contribution in [1.82, 2.24) is 0 Å². The standard InChI is InChI=1S/C17H30NO5/c1-11(2)17(21,12(3)22-5)16(20)23-10-13-6-8-18(4)9-7-14(19)15(13)18/h6,11-12,14-15,19,21H,7-10H2,1-5H3/q+1/t12-,14+,15-,17+,18-/m1/s1. The Bertz CT molecular complexity index is 491. The second kappa shape index (κ2) is 6.51. The Labute approximate surface area is 138 Å². The molecule has 0 bridgehead atoms. The fourth-order valence-electron chi connectivity index (χ4n) is 3.90. The summed E-state index contributed by atoms with van der Waals surface area (Å²) < 4.78 is 11.4. The van der Waals surface area contributed by atoms with Crippen LogP contribution in [0.1, 0.15) is 27.2 Å². The largest absolute Gasteiger partial charge is 0.459 e. The van der Waals surface area contributed by atoms with E-state index in [4.69, 9.17) is 9.47 Å². The van der Waals surface area contributed by atoms with Gasteiger partial charge in [-0.05, 0) is 18.9 Å². The van der Waals surface area contributed by atoms with Crippen molar-refractivity contribution in [2.45, 2.75) is 51.0 Å². The molecule has 2 aliphatic rings. The highest BCUT2D eigenvalue weighted by atomic mass is 16.6. The van der Waals surface area contributed by atoms with E-state index in [0.717, 1.165) is 29.6 Å². The Morgan fingerprint density at radius 1 is 1.48 bits per heavy atom. The molecule has 5 atom stereocenters. The van der Waals surface area contributed by atoms with Crippen LogP contribution in [0.2, 0.25) is 0 Å². The number of quaternary nitrogens is 1. The van der Waals surface area contributed by atoms with Crippen LogP contribution < -0.4 is 0 Å². The zero-order chi connectivity index (χ0) is 17.4. The molecule has 0 spiro atoms. The number of esters is 1. The molecule has 6 heteroatoms. The summed E-state index contributed by atoms with van der Waals surface area (Å²) in [6, 6.07) is -0.00482. The normalized spacial score (nSPS) is 34.0. The molecule has 0 saturated carbocycles. The minimum absolute atomic E-state index is 0.00482. The number of carbonyl (C=O) groups excluding carboxylic acids is 1. The van der Waals surface area contributed by atoms with Gasteiger partial charge in [0.25, 0.3) is 0 Å². The van der Waals surface area contributed by atoms with E-state index in [-0.39, 0.29) is 18.6 Å². The lowest BCUT2D eigenvalue weighted by atomic mass is 9.85. The Morgan fingerprint density at radius 3 is 2.70 bits per heavy atom. The molecule has 132 valence electrons.